The van der Waals surface area contributed by atoms with Crippen molar-refractivity contribution in [1.29, 1.82) is 0 Å². The fraction of sp³-hybridized carbons (Fsp3) is 0.0526. The van der Waals surface area contributed by atoms with Crippen LogP contribution in [0.4, 0.5) is 0 Å². The second-order valence-corrected chi connectivity index (χ2v) is 7.21. The molecule has 1 aromatic heterocycles. The molecule has 0 atom stereocenters. The number of hydrogen-bond acceptors (Lipinski definition) is 4. The molecular weight excluding hydrogens is 359 g/mol. The Labute approximate surface area is 173 Å². The van der Waals surface area contributed by atoms with Gasteiger partial charge < -0.3 is 0 Å². The predicted molar refractivity (Wildman–Crippen MR) is 97.0 cm³/mol. The number of nitrogens with zero attached hydrogens (tertiary/aromatic N) is 2. The molecule has 5 nitrogen and oxygen atoms in total. The monoisotopic (exact) mass is 373 g/mol. The van der Waals surface area contributed by atoms with Crippen molar-refractivity contribution in [2.24, 2.45) is 0 Å². The van der Waals surface area contributed by atoms with Crippen LogP contribution in [0.1, 0.15) is 5.69 Å². The van der Waals surface area contributed by atoms with Crippen molar-refractivity contribution < 1.29 is 42.5 Å². The summed E-state index contributed by atoms with van der Waals surface area (Å²) in [7, 11) is -4.32. The van der Waals surface area contributed by atoms with Gasteiger partial charge in [-0.15, -0.1) is 0 Å². The first kappa shape index (κ1) is 18.9. The molecule has 0 aliphatic heterocycles. The minimum atomic E-state index is -4.32. The maximum Gasteiger partial charge on any atom is 1.00 e. The number of fused-ring (bicyclic) bond motifs is 2. The van der Waals surface area contributed by atoms with E-state index < -0.39 is 10.1 Å². The van der Waals surface area contributed by atoms with Crippen LogP contribution in [0.25, 0.3) is 33.1 Å². The molecule has 4 rings (SSSR count). The van der Waals surface area contributed by atoms with Crippen LogP contribution in [-0.4, -0.2) is 22.9 Å². The van der Waals surface area contributed by atoms with E-state index in [4.69, 9.17) is 0 Å². The van der Waals surface area contributed by atoms with E-state index in [-0.39, 0.29) is 34.5 Å². The Morgan fingerprint density at radius 1 is 0.885 bits per heavy atom. The van der Waals surface area contributed by atoms with Crippen LogP contribution in [0.15, 0.2) is 65.6 Å². The van der Waals surface area contributed by atoms with Crippen LogP contribution in [0.3, 0.4) is 0 Å². The van der Waals surface area contributed by atoms with Gasteiger partial charge in [-0.1, -0.05) is 42.5 Å². The van der Waals surface area contributed by atoms with Crippen LogP contribution in [-0.2, 0) is 10.1 Å². The van der Waals surface area contributed by atoms with Gasteiger partial charge in [0, 0.05) is 10.9 Å². The van der Waals surface area contributed by atoms with E-state index in [0.717, 1.165) is 17.0 Å². The summed E-state index contributed by atoms with van der Waals surface area (Å²) in [5, 5.41) is 1.11. The Hall–Kier alpha value is -1.83. The molecule has 1 N–H and O–H groups in total. The summed E-state index contributed by atoms with van der Waals surface area (Å²) in [5.74, 6) is 0. The fourth-order valence-electron chi connectivity index (χ4n) is 2.98. The van der Waals surface area contributed by atoms with Gasteiger partial charge in [0.25, 0.3) is 10.1 Å². The van der Waals surface area contributed by atoms with Crippen molar-refractivity contribution in [2.45, 2.75) is 11.8 Å². The Morgan fingerprint density at radius 2 is 1.58 bits per heavy atom. The van der Waals surface area contributed by atoms with Crippen molar-refractivity contribution in [3.05, 3.63) is 66.4 Å². The zero-order chi connectivity index (χ0) is 17.6. The molecule has 26 heavy (non-hydrogen) atoms. The standard InChI is InChI=1S/C19H14N2O3S.Na/c1-12-19(13-6-3-2-4-7-13)21-17-11-15-14(10-16(17)20-12)8-5-9-18(15)25(22,23)24;/h2-11H,1H3,(H,22,23,24);/q;+1. The number of aromatic nitrogens is 2. The molecule has 7 heteroatoms. The third-order valence-electron chi connectivity index (χ3n) is 4.12. The predicted octanol–water partition coefficient (Wildman–Crippen LogP) is 1.01. The molecule has 1 heterocycles. The molecule has 124 valence electrons. The normalized spacial score (nSPS) is 11.5. The molecule has 0 saturated heterocycles. The molecule has 0 aliphatic rings. The minimum Gasteiger partial charge on any atom is -0.282 e. The van der Waals surface area contributed by atoms with Gasteiger partial charge in [-0.2, -0.15) is 8.42 Å². The van der Waals surface area contributed by atoms with Crippen LogP contribution >= 0.6 is 0 Å². The first-order valence-corrected chi connectivity index (χ1v) is 9.11. The van der Waals surface area contributed by atoms with Gasteiger partial charge in [-0.05, 0) is 30.5 Å². The smallest absolute Gasteiger partial charge is 0.282 e. The fourth-order valence-corrected chi connectivity index (χ4v) is 3.69. The SMILES string of the molecule is Cc1nc2cc3cccc(S(=O)(=O)O)c3cc2nc1-c1ccccc1.[Na+]. The van der Waals surface area contributed by atoms with E-state index in [1.165, 1.54) is 6.07 Å². The van der Waals surface area contributed by atoms with Gasteiger partial charge in [0.05, 0.1) is 22.4 Å². The van der Waals surface area contributed by atoms with Gasteiger partial charge in [-0.3, -0.25) is 4.55 Å². The largest absolute Gasteiger partial charge is 1.00 e. The maximum atomic E-state index is 11.6. The summed E-state index contributed by atoms with van der Waals surface area (Å²) < 4.78 is 32.8. The van der Waals surface area contributed by atoms with Gasteiger partial charge in [0.15, 0.2) is 0 Å². The van der Waals surface area contributed by atoms with Crippen LogP contribution in [0.2, 0.25) is 0 Å². The molecular formula is C19H14N2NaO3S+. The molecule has 3 aromatic carbocycles. The van der Waals surface area contributed by atoms with E-state index in [1.807, 2.05) is 37.3 Å². The molecule has 0 amide bonds. The zero-order valence-corrected chi connectivity index (χ0v) is 17.2. The summed E-state index contributed by atoms with van der Waals surface area (Å²) in [4.78, 5) is 9.17. The summed E-state index contributed by atoms with van der Waals surface area (Å²) in [6, 6.07) is 17.9. The Morgan fingerprint density at radius 3 is 2.27 bits per heavy atom. The maximum absolute atomic E-state index is 11.6. The zero-order valence-electron chi connectivity index (χ0n) is 14.3. The van der Waals surface area contributed by atoms with E-state index in [9.17, 15) is 13.0 Å². The first-order chi connectivity index (χ1) is 11.9. The Kier molecular flexibility index (Phi) is 5.14. The Balaban J connectivity index is 0.00000196. The third kappa shape index (κ3) is 3.39. The van der Waals surface area contributed by atoms with E-state index in [2.05, 4.69) is 9.97 Å². The molecule has 0 fully saturated rings. The van der Waals surface area contributed by atoms with Crippen molar-refractivity contribution >= 4 is 31.9 Å². The molecule has 0 unspecified atom stereocenters. The summed E-state index contributed by atoms with van der Waals surface area (Å²) in [5.41, 5.74) is 3.74. The quantitative estimate of drug-likeness (QED) is 0.322. The van der Waals surface area contributed by atoms with E-state index >= 15 is 0 Å². The molecule has 0 bridgehead atoms. The summed E-state index contributed by atoms with van der Waals surface area (Å²) in [6.07, 6.45) is 0. The van der Waals surface area contributed by atoms with Crippen molar-refractivity contribution in [1.82, 2.24) is 9.97 Å². The molecule has 0 aliphatic carbocycles. The van der Waals surface area contributed by atoms with Crippen molar-refractivity contribution in [2.75, 3.05) is 0 Å². The van der Waals surface area contributed by atoms with Crippen molar-refractivity contribution in [3.63, 3.8) is 0 Å². The molecule has 0 saturated carbocycles. The topological polar surface area (TPSA) is 80.2 Å². The molecule has 0 spiro atoms. The number of rotatable bonds is 2. The first-order valence-electron chi connectivity index (χ1n) is 7.67. The van der Waals surface area contributed by atoms with Crippen LogP contribution in [0.5, 0.6) is 0 Å². The second kappa shape index (κ2) is 7.06. The van der Waals surface area contributed by atoms with Gasteiger partial charge in [-0.25, -0.2) is 9.97 Å². The third-order valence-corrected chi connectivity index (χ3v) is 5.04. The van der Waals surface area contributed by atoms with Crippen LogP contribution < -0.4 is 29.6 Å². The Bertz CT molecular complexity index is 1230. The second-order valence-electron chi connectivity index (χ2n) is 5.82. The summed E-state index contributed by atoms with van der Waals surface area (Å²) in [6.45, 7) is 1.90. The van der Waals surface area contributed by atoms with Gasteiger partial charge in [0.1, 0.15) is 4.90 Å². The number of hydrogen-bond donors (Lipinski definition) is 1. The van der Waals surface area contributed by atoms with E-state index in [0.29, 0.717) is 21.8 Å². The summed E-state index contributed by atoms with van der Waals surface area (Å²) >= 11 is 0. The number of benzene rings is 3. The minimum absolute atomic E-state index is 0. The average Bonchev–Trinajstić information content (AvgIpc) is 2.59. The number of aryl methyl sites for hydroxylation is 1. The average molecular weight is 373 g/mol. The molecule has 4 aromatic rings. The molecule has 0 radical (unpaired) electrons. The van der Waals surface area contributed by atoms with Crippen LogP contribution in [0, 0.1) is 6.92 Å². The van der Waals surface area contributed by atoms with E-state index in [1.54, 1.807) is 24.3 Å². The van der Waals surface area contributed by atoms with Gasteiger partial charge >= 0.3 is 29.6 Å². The van der Waals surface area contributed by atoms with Gasteiger partial charge in [0.2, 0.25) is 0 Å². The van der Waals surface area contributed by atoms with Crippen molar-refractivity contribution in [3.8, 4) is 11.3 Å².